The summed E-state index contributed by atoms with van der Waals surface area (Å²) in [6.07, 6.45) is 12.0. The zero-order valence-electron chi connectivity index (χ0n) is 34.8. The minimum absolute atomic E-state index is 0.0743. The van der Waals surface area contributed by atoms with Gasteiger partial charge in [-0.25, -0.2) is 0 Å². The molecule has 11 rings (SSSR count). The van der Waals surface area contributed by atoms with Crippen LogP contribution in [0.3, 0.4) is 0 Å². The topological polar surface area (TPSA) is 106 Å². The normalized spacial score (nSPS) is 13.5. The number of nitrogens with one attached hydrogen (secondary N) is 2. The number of aryl methyl sites for hydroxylation is 2. The van der Waals surface area contributed by atoms with E-state index >= 15 is 0 Å². The molecule has 1 aliphatic heterocycles. The first kappa shape index (κ1) is 38.4. The first-order chi connectivity index (χ1) is 30.4. The van der Waals surface area contributed by atoms with E-state index in [1.54, 1.807) is 31.7 Å². The molecule has 62 heavy (non-hydrogen) atoms. The van der Waals surface area contributed by atoms with Crippen molar-refractivity contribution in [1.82, 2.24) is 29.1 Å². The number of nitrogens with zero attached hydrogens (tertiary/aromatic N) is 7. The summed E-state index contributed by atoms with van der Waals surface area (Å²) >= 11 is 0. The molecule has 1 unspecified atom stereocenters. The van der Waals surface area contributed by atoms with E-state index in [9.17, 15) is 4.79 Å². The lowest BCUT2D eigenvalue weighted by molar-refractivity contribution is -0.116. The third-order valence-electron chi connectivity index (χ3n) is 11.9. The van der Waals surface area contributed by atoms with E-state index < -0.39 is 0 Å². The van der Waals surface area contributed by atoms with Gasteiger partial charge in [0.1, 0.15) is 0 Å². The predicted octanol–water partition coefficient (Wildman–Crippen LogP) is 11.1. The number of para-hydroxylation sites is 1. The fraction of sp³-hybridized carbons (Fsp3) is 0.135. The highest BCUT2D eigenvalue weighted by Crippen LogP contribution is 2.39. The highest BCUT2D eigenvalue weighted by Gasteiger charge is 2.27. The Hall–Kier alpha value is -7.85. The Morgan fingerprint density at radius 3 is 1.82 bits per heavy atom. The Kier molecular flexibility index (Phi) is 10.1. The molecule has 6 aromatic carbocycles. The van der Waals surface area contributed by atoms with Crippen LogP contribution >= 0.6 is 0 Å². The smallest absolute Gasteiger partial charge is 0.223 e. The molecule has 5 heterocycles. The number of amides is 1. The Labute approximate surface area is 359 Å². The molecule has 1 amide bonds. The Bertz CT molecular complexity index is 3260. The van der Waals surface area contributed by atoms with Gasteiger partial charge in [0, 0.05) is 111 Å². The van der Waals surface area contributed by atoms with Gasteiger partial charge < -0.3 is 24.7 Å². The zero-order valence-corrected chi connectivity index (χ0v) is 34.8. The van der Waals surface area contributed by atoms with Gasteiger partial charge in [-0.05, 0) is 94.0 Å². The van der Waals surface area contributed by atoms with Crippen molar-refractivity contribution < 1.29 is 4.79 Å². The van der Waals surface area contributed by atoms with E-state index in [1.807, 2.05) is 29.2 Å². The molecule has 0 radical (unpaired) electrons. The SMILES string of the molecule is CC(=O)N1CCC(Nc2cc(-c3ccc4ccn(C)c4c3)c3nccnc3c2)c2ccccc21.Cn1ccc2ccc(-c3cc(NCc4ccccc4)cc4nccnc34)cc21. The molecule has 10 aromatic rings. The lowest BCUT2D eigenvalue weighted by atomic mass is 9.95. The molecule has 0 fully saturated rings. The minimum atomic E-state index is 0.0743. The zero-order chi connectivity index (χ0) is 42.2. The summed E-state index contributed by atoms with van der Waals surface area (Å²) in [5.41, 5.74) is 15.7. The molecule has 4 aromatic heterocycles. The third-order valence-corrected chi connectivity index (χ3v) is 11.9. The van der Waals surface area contributed by atoms with E-state index in [0.717, 1.165) is 79.9 Å². The van der Waals surface area contributed by atoms with Crippen molar-refractivity contribution in [3.63, 3.8) is 0 Å². The van der Waals surface area contributed by atoms with Gasteiger partial charge in [-0.3, -0.25) is 24.7 Å². The quantitative estimate of drug-likeness (QED) is 0.165. The standard InChI is InChI=1S/C28H25N5O.C24H20N4/c1-18(34)33-14-10-24(22-5-3-4-6-26(22)33)31-21-16-23(28-25(17-21)29-11-12-30-28)20-8-7-19-9-13-32(2)27(19)15-20;1-28-12-9-18-7-8-19(13-23(18)28)21-14-20(15-22-24(21)26-11-10-25-22)27-16-17-5-3-2-4-6-17/h3-9,11-13,15-17,24,31H,10,14H2,1-2H3;2-15,27H,16H2,1H3. The number of hydrogen-bond donors (Lipinski definition) is 2. The van der Waals surface area contributed by atoms with E-state index in [2.05, 4.69) is 169 Å². The second kappa shape index (κ2) is 16.3. The van der Waals surface area contributed by atoms with Gasteiger partial charge in [-0.15, -0.1) is 0 Å². The number of hydrogen-bond acceptors (Lipinski definition) is 7. The molecule has 1 atom stereocenters. The summed E-state index contributed by atoms with van der Waals surface area (Å²) in [6.45, 7) is 3.08. The Morgan fingerprint density at radius 1 is 0.629 bits per heavy atom. The van der Waals surface area contributed by atoms with Crippen molar-refractivity contribution in [3.8, 4) is 22.3 Å². The molecule has 0 bridgehead atoms. The molecule has 0 spiro atoms. The van der Waals surface area contributed by atoms with Crippen LogP contribution in [-0.4, -0.2) is 41.5 Å². The van der Waals surface area contributed by atoms with E-state index in [4.69, 9.17) is 0 Å². The van der Waals surface area contributed by atoms with E-state index in [-0.39, 0.29) is 11.9 Å². The van der Waals surface area contributed by atoms with Crippen LogP contribution in [-0.2, 0) is 25.4 Å². The number of fused-ring (bicyclic) bond motifs is 5. The van der Waals surface area contributed by atoms with Crippen LogP contribution in [0.1, 0.15) is 30.5 Å². The highest BCUT2D eigenvalue weighted by molar-refractivity contribution is 5.99. The first-order valence-electron chi connectivity index (χ1n) is 20.9. The van der Waals surface area contributed by atoms with Gasteiger partial charge in [0.25, 0.3) is 0 Å². The maximum absolute atomic E-state index is 12.2. The van der Waals surface area contributed by atoms with Crippen molar-refractivity contribution in [2.75, 3.05) is 22.1 Å². The van der Waals surface area contributed by atoms with Crippen LogP contribution < -0.4 is 15.5 Å². The van der Waals surface area contributed by atoms with E-state index in [0.29, 0.717) is 6.54 Å². The molecule has 1 aliphatic rings. The molecule has 10 nitrogen and oxygen atoms in total. The van der Waals surface area contributed by atoms with Crippen molar-refractivity contribution in [2.24, 2.45) is 14.1 Å². The van der Waals surface area contributed by atoms with Gasteiger partial charge in [-0.2, -0.15) is 0 Å². The number of carbonyl (C=O) groups excluding carboxylic acids is 1. The number of aromatic nitrogens is 6. The summed E-state index contributed by atoms with van der Waals surface area (Å²) in [5.74, 6) is 0.0743. The summed E-state index contributed by atoms with van der Waals surface area (Å²) < 4.78 is 4.28. The first-order valence-corrected chi connectivity index (χ1v) is 20.9. The molecule has 0 aliphatic carbocycles. The molecule has 0 saturated carbocycles. The van der Waals surface area contributed by atoms with Crippen LogP contribution in [0.15, 0.2) is 165 Å². The van der Waals surface area contributed by atoms with Crippen molar-refractivity contribution in [2.45, 2.75) is 25.9 Å². The number of carbonyl (C=O) groups is 1. The summed E-state index contributed by atoms with van der Waals surface area (Å²) in [6, 6.07) is 44.4. The lowest BCUT2D eigenvalue weighted by Crippen LogP contribution is -2.36. The van der Waals surface area contributed by atoms with Crippen LogP contribution in [0.2, 0.25) is 0 Å². The average molecular weight is 812 g/mol. The number of rotatable bonds is 7. The average Bonchev–Trinajstić information content (AvgIpc) is 3.88. The van der Waals surface area contributed by atoms with Crippen LogP contribution in [0.4, 0.5) is 17.1 Å². The van der Waals surface area contributed by atoms with Gasteiger partial charge in [-0.1, -0.05) is 72.8 Å². The maximum atomic E-state index is 12.2. The molecule has 10 heteroatoms. The highest BCUT2D eigenvalue weighted by atomic mass is 16.2. The predicted molar refractivity (Wildman–Crippen MR) is 252 cm³/mol. The largest absolute Gasteiger partial charge is 0.381 e. The summed E-state index contributed by atoms with van der Waals surface area (Å²) in [5, 5.41) is 9.71. The lowest BCUT2D eigenvalue weighted by Gasteiger charge is -2.34. The summed E-state index contributed by atoms with van der Waals surface area (Å²) in [7, 11) is 4.13. The molecular weight excluding hydrogens is 767 g/mol. The second-order valence-corrected chi connectivity index (χ2v) is 15.9. The Morgan fingerprint density at radius 2 is 1.19 bits per heavy atom. The molecule has 304 valence electrons. The Balaban J connectivity index is 0.000000151. The van der Waals surface area contributed by atoms with Gasteiger partial charge >= 0.3 is 0 Å². The fourth-order valence-corrected chi connectivity index (χ4v) is 8.68. The molecule has 0 saturated heterocycles. The molecular formula is C52H45N9O. The van der Waals surface area contributed by atoms with Crippen molar-refractivity contribution in [3.05, 3.63) is 176 Å². The van der Waals surface area contributed by atoms with Gasteiger partial charge in [0.05, 0.1) is 28.1 Å². The maximum Gasteiger partial charge on any atom is 0.223 e. The van der Waals surface area contributed by atoms with Gasteiger partial charge in [0.2, 0.25) is 5.91 Å². The fourth-order valence-electron chi connectivity index (χ4n) is 8.68. The van der Waals surface area contributed by atoms with Gasteiger partial charge in [0.15, 0.2) is 0 Å². The number of benzene rings is 6. The van der Waals surface area contributed by atoms with Crippen LogP contribution in [0.25, 0.3) is 66.1 Å². The summed E-state index contributed by atoms with van der Waals surface area (Å²) in [4.78, 5) is 32.4. The van der Waals surface area contributed by atoms with Crippen molar-refractivity contribution in [1.29, 1.82) is 0 Å². The van der Waals surface area contributed by atoms with Crippen LogP contribution in [0, 0.1) is 0 Å². The number of anilines is 3. The van der Waals surface area contributed by atoms with E-state index in [1.165, 1.54) is 27.4 Å². The molecule has 2 N–H and O–H groups in total. The third kappa shape index (κ3) is 7.47. The minimum Gasteiger partial charge on any atom is -0.381 e. The van der Waals surface area contributed by atoms with Crippen molar-refractivity contribution >= 4 is 66.8 Å². The monoisotopic (exact) mass is 811 g/mol. The second-order valence-electron chi connectivity index (χ2n) is 15.9. The van der Waals surface area contributed by atoms with Crippen LogP contribution in [0.5, 0.6) is 0 Å².